The Morgan fingerprint density at radius 3 is 1.70 bits per heavy atom. The van der Waals surface area contributed by atoms with Crippen LogP contribution in [0.15, 0.2) is 48.5 Å². The van der Waals surface area contributed by atoms with Gasteiger partial charge in [0.15, 0.2) is 23.0 Å². The maximum atomic E-state index is 5.53. The average molecular weight is 442 g/mol. The van der Waals surface area contributed by atoms with Crippen molar-refractivity contribution in [3.8, 4) is 58.2 Å². The van der Waals surface area contributed by atoms with Crippen molar-refractivity contribution in [3.05, 3.63) is 70.8 Å². The summed E-state index contributed by atoms with van der Waals surface area (Å²) in [6, 6.07) is 14.7. The Balaban J connectivity index is 1.74. The minimum Gasteiger partial charge on any atom is -0.497 e. The second-order valence-corrected chi connectivity index (χ2v) is 6.92. The Morgan fingerprint density at radius 2 is 1.15 bits per heavy atom. The van der Waals surface area contributed by atoms with Gasteiger partial charge < -0.3 is 28.4 Å². The molecule has 0 spiro atoms. The Bertz CT molecular complexity index is 1280. The van der Waals surface area contributed by atoms with Gasteiger partial charge in [0.2, 0.25) is 6.79 Å². The molecule has 4 rings (SSSR count). The normalized spacial score (nSPS) is 10.9. The van der Waals surface area contributed by atoms with Gasteiger partial charge in [-0.1, -0.05) is 23.7 Å². The van der Waals surface area contributed by atoms with E-state index in [1.807, 2.05) is 42.5 Å². The molecule has 3 aromatic carbocycles. The van der Waals surface area contributed by atoms with Crippen LogP contribution in [0.4, 0.5) is 0 Å². The van der Waals surface area contributed by atoms with Crippen molar-refractivity contribution >= 4 is 0 Å². The zero-order valence-corrected chi connectivity index (χ0v) is 18.8. The van der Waals surface area contributed by atoms with E-state index in [-0.39, 0.29) is 6.79 Å². The van der Waals surface area contributed by atoms with E-state index in [4.69, 9.17) is 28.4 Å². The molecule has 0 fully saturated rings. The van der Waals surface area contributed by atoms with E-state index in [0.717, 1.165) is 16.7 Å². The molecule has 166 valence electrons. The van der Waals surface area contributed by atoms with E-state index in [0.29, 0.717) is 40.1 Å². The van der Waals surface area contributed by atoms with E-state index in [1.54, 1.807) is 34.5 Å². The summed E-state index contributed by atoms with van der Waals surface area (Å²) in [5, 5.41) is 0. The van der Waals surface area contributed by atoms with E-state index in [1.165, 1.54) is 0 Å². The zero-order valence-electron chi connectivity index (χ0n) is 18.8. The fraction of sp³-hybridized carbons (Fsp3) is 0.185. The highest BCUT2D eigenvalue weighted by Crippen LogP contribution is 2.34. The van der Waals surface area contributed by atoms with Gasteiger partial charge in [0.25, 0.3) is 0 Å². The van der Waals surface area contributed by atoms with Crippen molar-refractivity contribution in [2.75, 3.05) is 35.2 Å². The molecule has 0 unspecified atom stereocenters. The van der Waals surface area contributed by atoms with Crippen molar-refractivity contribution < 1.29 is 28.4 Å². The van der Waals surface area contributed by atoms with Crippen LogP contribution in [0.2, 0.25) is 0 Å². The molecular formula is C27H22O6. The summed E-state index contributed by atoms with van der Waals surface area (Å²) < 4.78 is 32.4. The van der Waals surface area contributed by atoms with Crippen LogP contribution in [0.1, 0.15) is 22.3 Å². The summed E-state index contributed by atoms with van der Waals surface area (Å²) in [7, 11) is 6.39. The lowest BCUT2D eigenvalue weighted by molar-refractivity contribution is 0.174. The molecule has 33 heavy (non-hydrogen) atoms. The molecule has 6 heteroatoms. The van der Waals surface area contributed by atoms with Crippen LogP contribution in [-0.4, -0.2) is 35.2 Å². The minimum atomic E-state index is 0.168. The molecular weight excluding hydrogens is 420 g/mol. The fourth-order valence-corrected chi connectivity index (χ4v) is 3.22. The van der Waals surface area contributed by atoms with Gasteiger partial charge in [0.1, 0.15) is 11.5 Å². The summed E-state index contributed by atoms with van der Waals surface area (Å²) >= 11 is 0. The standard InChI is InChI=1S/C27H22O6/c1-28-22-11-19(12-23(16-22)29-2)6-9-21-15-27-26(32-17-33-27)14-20(21)8-5-18-7-10-24(30-3)25(13-18)31-4/h7,10-16H,17H2,1-4H3. The second-order valence-electron chi connectivity index (χ2n) is 6.92. The maximum Gasteiger partial charge on any atom is 0.231 e. The van der Waals surface area contributed by atoms with Gasteiger partial charge in [-0.3, -0.25) is 0 Å². The fourth-order valence-electron chi connectivity index (χ4n) is 3.22. The Kier molecular flexibility index (Phi) is 6.48. The van der Waals surface area contributed by atoms with Crippen molar-refractivity contribution in [2.45, 2.75) is 0 Å². The van der Waals surface area contributed by atoms with Crippen LogP contribution in [0.25, 0.3) is 0 Å². The molecule has 1 aliphatic rings. The minimum absolute atomic E-state index is 0.168. The first-order valence-corrected chi connectivity index (χ1v) is 10.1. The molecule has 0 saturated carbocycles. The van der Waals surface area contributed by atoms with E-state index < -0.39 is 0 Å². The number of rotatable bonds is 4. The van der Waals surface area contributed by atoms with Crippen molar-refractivity contribution in [3.63, 3.8) is 0 Å². The molecule has 0 atom stereocenters. The predicted molar refractivity (Wildman–Crippen MR) is 124 cm³/mol. The van der Waals surface area contributed by atoms with Crippen LogP contribution in [0.5, 0.6) is 34.5 Å². The number of methoxy groups -OCH3 is 4. The van der Waals surface area contributed by atoms with E-state index in [2.05, 4.69) is 23.7 Å². The molecule has 0 bridgehead atoms. The van der Waals surface area contributed by atoms with Gasteiger partial charge in [-0.2, -0.15) is 0 Å². The molecule has 0 aliphatic carbocycles. The van der Waals surface area contributed by atoms with E-state index in [9.17, 15) is 0 Å². The molecule has 6 nitrogen and oxygen atoms in total. The lowest BCUT2D eigenvalue weighted by Crippen LogP contribution is -1.92. The largest absolute Gasteiger partial charge is 0.497 e. The Hall–Kier alpha value is -4.42. The van der Waals surface area contributed by atoms with Crippen LogP contribution in [0, 0.1) is 23.7 Å². The summed E-state index contributed by atoms with van der Waals surface area (Å²) in [6.07, 6.45) is 0. The van der Waals surface area contributed by atoms with Crippen molar-refractivity contribution in [1.29, 1.82) is 0 Å². The van der Waals surface area contributed by atoms with Crippen LogP contribution in [0.3, 0.4) is 0 Å². The SMILES string of the molecule is COc1cc(C#Cc2cc3c(cc2C#Cc2ccc(OC)c(OC)c2)OCO3)cc(OC)c1. The lowest BCUT2D eigenvalue weighted by atomic mass is 10.1. The monoisotopic (exact) mass is 442 g/mol. The molecule has 1 heterocycles. The second kappa shape index (κ2) is 9.80. The van der Waals surface area contributed by atoms with Crippen molar-refractivity contribution in [2.24, 2.45) is 0 Å². The van der Waals surface area contributed by atoms with Gasteiger partial charge in [-0.05, 0) is 30.3 Å². The van der Waals surface area contributed by atoms with Crippen LogP contribution in [-0.2, 0) is 0 Å². The maximum absolute atomic E-state index is 5.53. The number of ether oxygens (including phenoxy) is 6. The first-order chi connectivity index (χ1) is 16.1. The van der Waals surface area contributed by atoms with E-state index >= 15 is 0 Å². The summed E-state index contributed by atoms with van der Waals surface area (Å²) in [5.74, 6) is 16.6. The topological polar surface area (TPSA) is 55.4 Å². The smallest absolute Gasteiger partial charge is 0.231 e. The van der Waals surface area contributed by atoms with Gasteiger partial charge in [-0.25, -0.2) is 0 Å². The molecule has 0 radical (unpaired) electrons. The average Bonchev–Trinajstić information content (AvgIpc) is 3.32. The molecule has 0 saturated heterocycles. The van der Waals surface area contributed by atoms with Gasteiger partial charge in [0, 0.05) is 40.5 Å². The zero-order chi connectivity index (χ0) is 23.2. The molecule has 0 N–H and O–H groups in total. The summed E-state index contributed by atoms with van der Waals surface area (Å²) in [6.45, 7) is 0.168. The number of fused-ring (bicyclic) bond motifs is 1. The van der Waals surface area contributed by atoms with Gasteiger partial charge in [-0.15, -0.1) is 0 Å². The van der Waals surface area contributed by atoms with Crippen LogP contribution >= 0.6 is 0 Å². The van der Waals surface area contributed by atoms with Gasteiger partial charge in [0.05, 0.1) is 28.4 Å². The molecule has 3 aromatic rings. The van der Waals surface area contributed by atoms with Crippen molar-refractivity contribution in [1.82, 2.24) is 0 Å². The third kappa shape index (κ3) is 4.92. The third-order valence-corrected chi connectivity index (χ3v) is 4.93. The lowest BCUT2D eigenvalue weighted by Gasteiger charge is -2.06. The number of hydrogen-bond donors (Lipinski definition) is 0. The highest BCUT2D eigenvalue weighted by Gasteiger charge is 2.16. The molecule has 1 aliphatic heterocycles. The third-order valence-electron chi connectivity index (χ3n) is 4.93. The highest BCUT2D eigenvalue weighted by atomic mass is 16.7. The molecule has 0 aromatic heterocycles. The first-order valence-electron chi connectivity index (χ1n) is 10.1. The highest BCUT2D eigenvalue weighted by molar-refractivity contribution is 5.62. The summed E-state index contributed by atoms with van der Waals surface area (Å²) in [4.78, 5) is 0. The first kappa shape index (κ1) is 21.8. The number of hydrogen-bond acceptors (Lipinski definition) is 6. The predicted octanol–water partition coefficient (Wildman–Crippen LogP) is 4.25. The van der Waals surface area contributed by atoms with Gasteiger partial charge >= 0.3 is 0 Å². The Labute approximate surface area is 193 Å². The Morgan fingerprint density at radius 1 is 0.576 bits per heavy atom. The van der Waals surface area contributed by atoms with Crippen LogP contribution < -0.4 is 28.4 Å². The molecule has 0 amide bonds. The summed E-state index contributed by atoms with van der Waals surface area (Å²) in [5.41, 5.74) is 2.97. The number of benzene rings is 3. The quantitative estimate of drug-likeness (QED) is 0.563.